The Labute approximate surface area is 137 Å². The van der Waals surface area contributed by atoms with Gasteiger partial charge < -0.3 is 4.74 Å². The molecular weight excluding hydrogens is 340 g/mol. The normalized spacial score (nSPS) is 11.1. The van der Waals surface area contributed by atoms with Gasteiger partial charge in [0.1, 0.15) is 5.75 Å². The molecule has 0 saturated carbocycles. The van der Waals surface area contributed by atoms with E-state index in [1.54, 1.807) is 25.1 Å². The summed E-state index contributed by atoms with van der Waals surface area (Å²) >= 11 is 1.01. The molecule has 0 radical (unpaired) electrons. The Hall–Kier alpha value is -2.26. The SMILES string of the molecule is CC(=O)Oc1cccc(C(=O)Nc2nc(S(C)(=O)=O)cs2)c1C. The molecular formula is C14H14N2O5S2. The molecule has 0 saturated heterocycles. The lowest BCUT2D eigenvalue weighted by Gasteiger charge is -2.09. The third kappa shape index (κ3) is 4.14. The predicted octanol–water partition coefficient (Wildman–Crippen LogP) is 2.03. The highest BCUT2D eigenvalue weighted by atomic mass is 32.2. The molecule has 0 unspecified atom stereocenters. The molecule has 0 aliphatic carbocycles. The van der Waals surface area contributed by atoms with E-state index >= 15 is 0 Å². The first-order valence-corrected chi connectivity index (χ1v) is 9.20. The molecule has 1 N–H and O–H groups in total. The predicted molar refractivity (Wildman–Crippen MR) is 85.7 cm³/mol. The van der Waals surface area contributed by atoms with Gasteiger partial charge in [-0.25, -0.2) is 13.4 Å². The van der Waals surface area contributed by atoms with Crippen molar-refractivity contribution in [3.8, 4) is 5.75 Å². The lowest BCUT2D eigenvalue weighted by atomic mass is 10.1. The van der Waals surface area contributed by atoms with Gasteiger partial charge in [-0.2, -0.15) is 0 Å². The van der Waals surface area contributed by atoms with Crippen LogP contribution in [0.25, 0.3) is 0 Å². The van der Waals surface area contributed by atoms with Crippen molar-refractivity contribution in [1.29, 1.82) is 0 Å². The van der Waals surface area contributed by atoms with Crippen LogP contribution in [0.4, 0.5) is 5.13 Å². The minimum Gasteiger partial charge on any atom is -0.426 e. The van der Waals surface area contributed by atoms with E-state index in [4.69, 9.17) is 4.74 Å². The highest BCUT2D eigenvalue weighted by Gasteiger charge is 2.17. The van der Waals surface area contributed by atoms with E-state index in [-0.39, 0.29) is 10.2 Å². The van der Waals surface area contributed by atoms with Gasteiger partial charge in [0.25, 0.3) is 5.91 Å². The number of thiazole rings is 1. The molecule has 0 spiro atoms. The summed E-state index contributed by atoms with van der Waals surface area (Å²) in [5.74, 6) is -0.657. The lowest BCUT2D eigenvalue weighted by Crippen LogP contribution is -2.14. The molecule has 0 fully saturated rings. The number of rotatable bonds is 4. The summed E-state index contributed by atoms with van der Waals surface area (Å²) in [6, 6.07) is 4.74. The van der Waals surface area contributed by atoms with Gasteiger partial charge in [-0.1, -0.05) is 6.07 Å². The van der Waals surface area contributed by atoms with Crippen LogP contribution in [-0.4, -0.2) is 31.5 Å². The summed E-state index contributed by atoms with van der Waals surface area (Å²) in [6.45, 7) is 2.92. The second-order valence-corrected chi connectivity index (χ2v) is 7.56. The Bertz CT molecular complexity index is 871. The Balaban J connectivity index is 2.24. The molecule has 0 aliphatic heterocycles. The first-order chi connectivity index (χ1) is 10.7. The zero-order valence-electron chi connectivity index (χ0n) is 12.6. The summed E-state index contributed by atoms with van der Waals surface area (Å²) in [4.78, 5) is 27.2. The second kappa shape index (κ2) is 6.47. The zero-order valence-corrected chi connectivity index (χ0v) is 14.2. The largest absolute Gasteiger partial charge is 0.426 e. The molecule has 1 heterocycles. The number of aromatic nitrogens is 1. The Kier molecular flexibility index (Phi) is 4.81. The summed E-state index contributed by atoms with van der Waals surface area (Å²) in [5.41, 5.74) is 0.806. The topological polar surface area (TPSA) is 102 Å². The summed E-state index contributed by atoms with van der Waals surface area (Å²) in [5, 5.41) is 3.97. The maximum absolute atomic E-state index is 12.3. The van der Waals surface area contributed by atoms with Crippen LogP contribution in [0.3, 0.4) is 0 Å². The van der Waals surface area contributed by atoms with Crippen molar-refractivity contribution in [3.05, 3.63) is 34.7 Å². The van der Waals surface area contributed by atoms with E-state index in [2.05, 4.69) is 10.3 Å². The molecule has 0 bridgehead atoms. The maximum atomic E-state index is 12.3. The maximum Gasteiger partial charge on any atom is 0.308 e. The first-order valence-electron chi connectivity index (χ1n) is 6.43. The van der Waals surface area contributed by atoms with Crippen molar-refractivity contribution in [2.24, 2.45) is 0 Å². The van der Waals surface area contributed by atoms with E-state index in [9.17, 15) is 18.0 Å². The summed E-state index contributed by atoms with van der Waals surface area (Å²) < 4.78 is 27.8. The molecule has 0 aliphatic rings. The number of anilines is 1. The number of ether oxygens (including phenoxy) is 1. The van der Waals surface area contributed by atoms with Crippen LogP contribution in [0.15, 0.2) is 28.6 Å². The number of sulfone groups is 1. The number of hydrogen-bond donors (Lipinski definition) is 1. The Morgan fingerprint density at radius 2 is 2.00 bits per heavy atom. The monoisotopic (exact) mass is 354 g/mol. The smallest absolute Gasteiger partial charge is 0.308 e. The highest BCUT2D eigenvalue weighted by Crippen LogP contribution is 2.24. The van der Waals surface area contributed by atoms with E-state index in [1.165, 1.54) is 12.3 Å². The van der Waals surface area contributed by atoms with Crippen molar-refractivity contribution in [2.45, 2.75) is 18.9 Å². The van der Waals surface area contributed by atoms with E-state index in [0.29, 0.717) is 16.9 Å². The number of benzene rings is 1. The second-order valence-electron chi connectivity index (χ2n) is 4.74. The fourth-order valence-electron chi connectivity index (χ4n) is 1.78. The number of hydrogen-bond acceptors (Lipinski definition) is 7. The lowest BCUT2D eigenvalue weighted by molar-refractivity contribution is -0.131. The molecule has 2 rings (SSSR count). The molecule has 7 nitrogen and oxygen atoms in total. The van der Waals surface area contributed by atoms with Crippen molar-refractivity contribution in [1.82, 2.24) is 4.98 Å². The fraction of sp³-hybridized carbons (Fsp3) is 0.214. The Morgan fingerprint density at radius 1 is 1.30 bits per heavy atom. The van der Waals surface area contributed by atoms with Crippen LogP contribution in [0.5, 0.6) is 5.75 Å². The van der Waals surface area contributed by atoms with Crippen molar-refractivity contribution in [2.75, 3.05) is 11.6 Å². The molecule has 9 heteroatoms. The van der Waals surface area contributed by atoms with Gasteiger partial charge >= 0.3 is 5.97 Å². The molecule has 2 aromatic rings. The van der Waals surface area contributed by atoms with Crippen LogP contribution in [0, 0.1) is 6.92 Å². The number of nitrogens with zero attached hydrogens (tertiary/aromatic N) is 1. The van der Waals surface area contributed by atoms with Crippen molar-refractivity contribution < 1.29 is 22.7 Å². The Morgan fingerprint density at radius 3 is 2.57 bits per heavy atom. The molecule has 122 valence electrons. The van der Waals surface area contributed by atoms with Gasteiger partial charge in [-0.15, -0.1) is 11.3 Å². The van der Waals surface area contributed by atoms with Gasteiger partial charge in [-0.3, -0.25) is 14.9 Å². The van der Waals surface area contributed by atoms with E-state index in [1.807, 2.05) is 0 Å². The quantitative estimate of drug-likeness (QED) is 0.666. The molecule has 1 aromatic heterocycles. The van der Waals surface area contributed by atoms with Gasteiger partial charge in [0.05, 0.1) is 0 Å². The summed E-state index contributed by atoms with van der Waals surface area (Å²) in [6.07, 6.45) is 1.04. The van der Waals surface area contributed by atoms with E-state index in [0.717, 1.165) is 17.6 Å². The van der Waals surface area contributed by atoms with Crippen LogP contribution >= 0.6 is 11.3 Å². The standard InChI is InChI=1S/C14H14N2O5S2/c1-8-10(5-4-6-11(8)21-9(2)17)13(18)16-14-15-12(7-22-14)23(3,19)20/h4-7H,1-3H3,(H,15,16,18). The number of carbonyl (C=O) groups is 2. The molecule has 1 amide bonds. The summed E-state index contributed by atoms with van der Waals surface area (Å²) in [7, 11) is -3.42. The van der Waals surface area contributed by atoms with Gasteiger partial charge in [0.2, 0.25) is 0 Å². The fourth-order valence-corrected chi connectivity index (χ4v) is 3.50. The first kappa shape index (κ1) is 17.1. The van der Waals surface area contributed by atoms with Crippen molar-refractivity contribution >= 4 is 38.2 Å². The van der Waals surface area contributed by atoms with Gasteiger partial charge in [0.15, 0.2) is 20.0 Å². The van der Waals surface area contributed by atoms with Gasteiger partial charge in [-0.05, 0) is 19.1 Å². The molecule has 0 atom stereocenters. The van der Waals surface area contributed by atoms with E-state index < -0.39 is 21.7 Å². The van der Waals surface area contributed by atoms with Crippen LogP contribution in [0.1, 0.15) is 22.8 Å². The van der Waals surface area contributed by atoms with Crippen LogP contribution in [-0.2, 0) is 14.6 Å². The van der Waals surface area contributed by atoms with Crippen molar-refractivity contribution in [3.63, 3.8) is 0 Å². The highest BCUT2D eigenvalue weighted by molar-refractivity contribution is 7.90. The number of carbonyl (C=O) groups excluding carboxylic acids is 2. The molecule has 23 heavy (non-hydrogen) atoms. The molecule has 1 aromatic carbocycles. The third-order valence-corrected chi connectivity index (χ3v) is 4.74. The minimum atomic E-state index is -3.42. The third-order valence-electron chi connectivity index (χ3n) is 2.87. The number of nitrogens with one attached hydrogen (secondary N) is 1. The van der Waals surface area contributed by atoms with Crippen LogP contribution in [0.2, 0.25) is 0 Å². The average molecular weight is 354 g/mol. The van der Waals surface area contributed by atoms with Gasteiger partial charge in [0, 0.05) is 29.7 Å². The number of esters is 1. The average Bonchev–Trinajstić information content (AvgIpc) is 2.89. The number of amides is 1. The zero-order chi connectivity index (χ0) is 17.2. The minimum absolute atomic E-state index is 0.0943. The van der Waals surface area contributed by atoms with Crippen LogP contribution < -0.4 is 10.1 Å².